The van der Waals surface area contributed by atoms with Crippen molar-refractivity contribution in [3.8, 4) is 0 Å². The van der Waals surface area contributed by atoms with Crippen LogP contribution in [0.5, 0.6) is 0 Å². The second-order valence-corrected chi connectivity index (χ2v) is 6.31. The molecule has 1 aromatic carbocycles. The minimum Gasteiger partial charge on any atom is -0.389 e. The highest BCUT2D eigenvalue weighted by atomic mass is 79.9. The zero-order chi connectivity index (χ0) is 14.0. The molecule has 1 aliphatic rings. The molecule has 19 heavy (non-hydrogen) atoms. The second kappa shape index (κ2) is 6.20. The lowest BCUT2D eigenvalue weighted by molar-refractivity contribution is 0.213. The molecule has 2 N–H and O–H groups in total. The number of nitrogens with zero attached hydrogens (tertiary/aromatic N) is 2. The molecule has 0 aromatic heterocycles. The molecule has 1 saturated heterocycles. The fraction of sp³-hybridized carbons (Fsp3) is 0.500. The molecule has 5 heteroatoms. The molecule has 1 aromatic rings. The van der Waals surface area contributed by atoms with Gasteiger partial charge in [0.25, 0.3) is 0 Å². The van der Waals surface area contributed by atoms with Crippen LogP contribution in [0.1, 0.15) is 18.9 Å². The van der Waals surface area contributed by atoms with Gasteiger partial charge in [0.05, 0.1) is 0 Å². The fourth-order valence-electron chi connectivity index (χ4n) is 2.52. The molecular weight excluding hydrogens is 322 g/mol. The summed E-state index contributed by atoms with van der Waals surface area (Å²) >= 11 is 8.58. The van der Waals surface area contributed by atoms with E-state index in [0.29, 0.717) is 11.0 Å². The van der Waals surface area contributed by atoms with Gasteiger partial charge in [0.15, 0.2) is 0 Å². The fourth-order valence-corrected chi connectivity index (χ4v) is 3.41. The number of likely N-dealkylation sites (N-methyl/N-ethyl adjacent to an activating group) is 1. The molecule has 0 aliphatic carbocycles. The topological polar surface area (TPSA) is 32.5 Å². The maximum atomic E-state index is 5.69. The predicted molar refractivity (Wildman–Crippen MR) is 89.0 cm³/mol. The summed E-state index contributed by atoms with van der Waals surface area (Å²) in [5.41, 5.74) is 7.82. The quantitative estimate of drug-likeness (QED) is 0.856. The first kappa shape index (κ1) is 14.8. The molecule has 0 amide bonds. The highest BCUT2D eigenvalue weighted by molar-refractivity contribution is 9.10. The van der Waals surface area contributed by atoms with Crippen LogP contribution in [0.25, 0.3) is 0 Å². The number of nitrogens with two attached hydrogens (primary N) is 1. The standard InChI is InChI=1S/C14H20BrN3S/c1-3-10-9-18(7-6-17(10)2)11-4-5-12(14(16)19)13(15)8-11/h4-5,8,10H,3,6-7,9H2,1-2H3,(H2,16,19). The minimum absolute atomic E-state index is 0.434. The van der Waals surface area contributed by atoms with E-state index in [0.717, 1.165) is 29.7 Å². The zero-order valence-electron chi connectivity index (χ0n) is 11.4. The Morgan fingerprint density at radius 3 is 2.79 bits per heavy atom. The van der Waals surface area contributed by atoms with Gasteiger partial charge in [-0.15, -0.1) is 0 Å². The lowest BCUT2D eigenvalue weighted by Gasteiger charge is -2.40. The van der Waals surface area contributed by atoms with Crippen LogP contribution in [0.3, 0.4) is 0 Å². The van der Waals surface area contributed by atoms with Gasteiger partial charge in [-0.3, -0.25) is 4.90 Å². The lowest BCUT2D eigenvalue weighted by atomic mass is 10.1. The van der Waals surface area contributed by atoms with Crippen LogP contribution in [0.15, 0.2) is 22.7 Å². The number of hydrogen-bond donors (Lipinski definition) is 1. The molecule has 0 spiro atoms. The van der Waals surface area contributed by atoms with E-state index >= 15 is 0 Å². The van der Waals surface area contributed by atoms with Gasteiger partial charge in [0, 0.05) is 41.4 Å². The van der Waals surface area contributed by atoms with Crippen LogP contribution in [-0.2, 0) is 0 Å². The number of halogens is 1. The number of thiocarbonyl (C=S) groups is 1. The molecule has 0 radical (unpaired) electrons. The van der Waals surface area contributed by atoms with E-state index in [9.17, 15) is 0 Å². The van der Waals surface area contributed by atoms with Gasteiger partial charge in [-0.1, -0.05) is 19.1 Å². The van der Waals surface area contributed by atoms with Crippen molar-refractivity contribution in [3.05, 3.63) is 28.2 Å². The normalized spacial score (nSPS) is 20.6. The van der Waals surface area contributed by atoms with Gasteiger partial charge in [-0.2, -0.15) is 0 Å². The molecule has 1 unspecified atom stereocenters. The minimum atomic E-state index is 0.434. The Kier molecular flexibility index (Phi) is 4.81. The molecule has 1 atom stereocenters. The molecule has 1 heterocycles. The van der Waals surface area contributed by atoms with Gasteiger partial charge in [-0.25, -0.2) is 0 Å². The molecule has 0 saturated carbocycles. The van der Waals surface area contributed by atoms with Gasteiger partial charge >= 0.3 is 0 Å². The Balaban J connectivity index is 2.18. The van der Waals surface area contributed by atoms with Crippen LogP contribution in [0.2, 0.25) is 0 Å². The van der Waals surface area contributed by atoms with Crippen molar-refractivity contribution in [2.24, 2.45) is 5.73 Å². The average Bonchev–Trinajstić information content (AvgIpc) is 2.38. The highest BCUT2D eigenvalue weighted by Gasteiger charge is 2.23. The first-order chi connectivity index (χ1) is 9.02. The molecule has 1 aliphatic heterocycles. The van der Waals surface area contributed by atoms with Crippen molar-refractivity contribution in [1.29, 1.82) is 0 Å². The second-order valence-electron chi connectivity index (χ2n) is 5.02. The monoisotopic (exact) mass is 341 g/mol. The van der Waals surface area contributed by atoms with E-state index < -0.39 is 0 Å². The van der Waals surface area contributed by atoms with E-state index in [1.165, 1.54) is 12.1 Å². The van der Waals surface area contributed by atoms with Gasteiger partial charge in [0.2, 0.25) is 0 Å². The number of anilines is 1. The highest BCUT2D eigenvalue weighted by Crippen LogP contribution is 2.26. The maximum absolute atomic E-state index is 5.69. The zero-order valence-corrected chi connectivity index (χ0v) is 13.8. The first-order valence-corrected chi connectivity index (χ1v) is 7.77. The van der Waals surface area contributed by atoms with E-state index in [1.54, 1.807) is 0 Å². The molecule has 104 valence electrons. The number of benzene rings is 1. The first-order valence-electron chi connectivity index (χ1n) is 6.57. The largest absolute Gasteiger partial charge is 0.389 e. The van der Waals surface area contributed by atoms with Crippen LogP contribution in [0, 0.1) is 0 Å². The van der Waals surface area contributed by atoms with Crippen molar-refractivity contribution in [3.63, 3.8) is 0 Å². The number of hydrogen-bond acceptors (Lipinski definition) is 3. The van der Waals surface area contributed by atoms with Crippen LogP contribution >= 0.6 is 28.1 Å². The summed E-state index contributed by atoms with van der Waals surface area (Å²) in [7, 11) is 2.21. The third kappa shape index (κ3) is 3.27. The summed E-state index contributed by atoms with van der Waals surface area (Å²) in [6, 6.07) is 6.85. The van der Waals surface area contributed by atoms with Crippen molar-refractivity contribution in [1.82, 2.24) is 4.90 Å². The summed E-state index contributed by atoms with van der Waals surface area (Å²) in [6.45, 7) is 5.49. The van der Waals surface area contributed by atoms with Crippen molar-refractivity contribution in [2.45, 2.75) is 19.4 Å². The van der Waals surface area contributed by atoms with Crippen LogP contribution in [0.4, 0.5) is 5.69 Å². The third-order valence-electron chi connectivity index (χ3n) is 3.83. The van der Waals surface area contributed by atoms with Crippen LogP contribution in [-0.4, -0.2) is 42.6 Å². The summed E-state index contributed by atoms with van der Waals surface area (Å²) in [4.78, 5) is 5.31. The Bertz CT molecular complexity index is 478. The third-order valence-corrected chi connectivity index (χ3v) is 4.71. The van der Waals surface area contributed by atoms with E-state index in [1.807, 2.05) is 6.07 Å². The SMILES string of the molecule is CCC1CN(c2ccc(C(N)=S)c(Br)c2)CCN1C. The molecule has 1 fully saturated rings. The summed E-state index contributed by atoms with van der Waals surface area (Å²) in [5, 5.41) is 0. The van der Waals surface area contributed by atoms with E-state index in [-0.39, 0.29) is 0 Å². The smallest absolute Gasteiger partial charge is 0.105 e. The van der Waals surface area contributed by atoms with Crippen molar-refractivity contribution >= 4 is 38.8 Å². The van der Waals surface area contributed by atoms with E-state index in [2.05, 4.69) is 51.8 Å². The number of rotatable bonds is 3. The Morgan fingerprint density at radius 2 is 2.21 bits per heavy atom. The van der Waals surface area contributed by atoms with Gasteiger partial charge in [-0.05, 0) is 47.6 Å². The molecule has 0 bridgehead atoms. The molecule has 3 nitrogen and oxygen atoms in total. The Hall–Kier alpha value is -0.650. The Morgan fingerprint density at radius 1 is 1.47 bits per heavy atom. The average molecular weight is 342 g/mol. The van der Waals surface area contributed by atoms with Gasteiger partial charge < -0.3 is 10.6 Å². The Labute approximate surface area is 128 Å². The summed E-state index contributed by atoms with van der Waals surface area (Å²) in [5.74, 6) is 0. The lowest BCUT2D eigenvalue weighted by Crippen LogP contribution is -2.51. The van der Waals surface area contributed by atoms with E-state index in [4.69, 9.17) is 18.0 Å². The number of piperazine rings is 1. The predicted octanol–water partition coefficient (Wildman–Crippen LogP) is 2.61. The van der Waals surface area contributed by atoms with Crippen molar-refractivity contribution < 1.29 is 0 Å². The maximum Gasteiger partial charge on any atom is 0.105 e. The van der Waals surface area contributed by atoms with Crippen LogP contribution < -0.4 is 10.6 Å². The van der Waals surface area contributed by atoms with Gasteiger partial charge in [0.1, 0.15) is 4.99 Å². The van der Waals surface area contributed by atoms with Crippen molar-refractivity contribution in [2.75, 3.05) is 31.6 Å². The summed E-state index contributed by atoms with van der Waals surface area (Å²) < 4.78 is 0.976. The molecule has 2 rings (SSSR count). The molecular formula is C14H20BrN3S. The summed E-state index contributed by atoms with van der Waals surface area (Å²) in [6.07, 6.45) is 1.18.